The van der Waals surface area contributed by atoms with E-state index in [4.69, 9.17) is 9.84 Å². The zero-order chi connectivity index (χ0) is 15.4. The predicted octanol–water partition coefficient (Wildman–Crippen LogP) is 1.08. The van der Waals surface area contributed by atoms with Crippen molar-refractivity contribution in [1.82, 2.24) is 9.97 Å². The molecule has 1 saturated heterocycles. The third-order valence-corrected chi connectivity index (χ3v) is 3.50. The maximum atomic E-state index is 11.2. The van der Waals surface area contributed by atoms with Crippen molar-refractivity contribution in [2.24, 2.45) is 5.92 Å². The molecule has 0 radical (unpaired) electrons. The lowest BCUT2D eigenvalue weighted by atomic mass is 10.0. The van der Waals surface area contributed by atoms with E-state index in [-0.39, 0.29) is 29.7 Å². The summed E-state index contributed by atoms with van der Waals surface area (Å²) in [5.74, 6) is -0.478. The Bertz CT molecular complexity index is 550. The highest BCUT2D eigenvalue weighted by Crippen LogP contribution is 2.36. The van der Waals surface area contributed by atoms with Gasteiger partial charge in [0.05, 0.1) is 12.0 Å². The van der Waals surface area contributed by atoms with Crippen LogP contribution in [-0.2, 0) is 4.79 Å². The molecule has 9 nitrogen and oxygen atoms in total. The fourth-order valence-electron chi connectivity index (χ4n) is 2.48. The van der Waals surface area contributed by atoms with Crippen LogP contribution in [-0.4, -0.2) is 46.2 Å². The lowest BCUT2D eigenvalue weighted by Crippen LogP contribution is -2.22. The summed E-state index contributed by atoms with van der Waals surface area (Å²) < 4.78 is 4.92. The van der Waals surface area contributed by atoms with Crippen molar-refractivity contribution >= 4 is 17.5 Å². The molecule has 0 spiro atoms. The summed E-state index contributed by atoms with van der Waals surface area (Å²) in [6.07, 6.45) is 2.68. The van der Waals surface area contributed by atoms with E-state index in [1.54, 1.807) is 4.90 Å². The Balaban J connectivity index is 2.16. The summed E-state index contributed by atoms with van der Waals surface area (Å²) in [6, 6.07) is 0. The van der Waals surface area contributed by atoms with Crippen LogP contribution in [0.3, 0.4) is 0 Å². The zero-order valence-corrected chi connectivity index (χ0v) is 11.6. The van der Waals surface area contributed by atoms with Crippen molar-refractivity contribution in [1.29, 1.82) is 0 Å². The number of nitro groups is 1. The summed E-state index contributed by atoms with van der Waals surface area (Å²) >= 11 is 0. The number of carboxylic acids is 1. The number of nitrogens with zero attached hydrogens (tertiary/aromatic N) is 4. The number of ether oxygens (including phenoxy) is 1. The highest BCUT2D eigenvalue weighted by molar-refractivity contribution is 5.66. The van der Waals surface area contributed by atoms with Crippen LogP contribution >= 0.6 is 0 Å². The van der Waals surface area contributed by atoms with Crippen LogP contribution in [0.2, 0.25) is 0 Å². The number of hydrogen-bond donors (Lipinski definition) is 1. The Morgan fingerprint density at radius 1 is 1.62 bits per heavy atom. The first kappa shape index (κ1) is 14.9. The van der Waals surface area contributed by atoms with Gasteiger partial charge in [-0.3, -0.25) is 14.9 Å². The molecular weight excluding hydrogens is 280 g/mol. The minimum atomic E-state index is -0.830. The molecule has 114 valence electrons. The number of carboxylic acid groups (broad SMARTS) is 1. The molecule has 0 aromatic carbocycles. The molecule has 0 bridgehead atoms. The van der Waals surface area contributed by atoms with Crippen LogP contribution in [0.5, 0.6) is 5.88 Å². The van der Waals surface area contributed by atoms with Crippen molar-refractivity contribution in [3.8, 4) is 5.88 Å². The van der Waals surface area contributed by atoms with Gasteiger partial charge in [-0.1, -0.05) is 0 Å². The molecular formula is C12H16N4O5. The number of anilines is 1. The largest absolute Gasteiger partial charge is 0.481 e. The summed E-state index contributed by atoms with van der Waals surface area (Å²) in [4.78, 5) is 30.8. The maximum Gasteiger partial charge on any atom is 0.372 e. The van der Waals surface area contributed by atoms with Gasteiger partial charge in [-0.2, -0.15) is 4.98 Å². The Labute approximate surface area is 120 Å². The Kier molecular flexibility index (Phi) is 4.51. The Hall–Kier alpha value is -2.45. The zero-order valence-electron chi connectivity index (χ0n) is 11.6. The standard InChI is InChI=1S/C12H16N4O5/c1-21-12-10(16(19)20)11(13-7-14-12)15-5-4-8(6-15)2-3-9(17)18/h7-8H,2-6H2,1H3,(H,17,18). The van der Waals surface area contributed by atoms with Gasteiger partial charge in [-0.25, -0.2) is 4.98 Å². The lowest BCUT2D eigenvalue weighted by Gasteiger charge is -2.17. The molecule has 1 aliphatic heterocycles. The van der Waals surface area contributed by atoms with Gasteiger partial charge in [0.2, 0.25) is 5.82 Å². The van der Waals surface area contributed by atoms with Gasteiger partial charge in [0, 0.05) is 19.5 Å². The van der Waals surface area contributed by atoms with E-state index >= 15 is 0 Å². The SMILES string of the molecule is COc1ncnc(N2CCC(CCC(=O)O)C2)c1[N+](=O)[O-]. The summed E-state index contributed by atoms with van der Waals surface area (Å²) in [6.45, 7) is 1.15. The molecule has 1 unspecified atom stereocenters. The number of aromatic nitrogens is 2. The van der Waals surface area contributed by atoms with Crippen molar-refractivity contribution in [3.05, 3.63) is 16.4 Å². The molecule has 0 aliphatic carbocycles. The maximum absolute atomic E-state index is 11.2. The van der Waals surface area contributed by atoms with E-state index in [1.807, 2.05) is 0 Å². The summed E-state index contributed by atoms with van der Waals surface area (Å²) in [7, 11) is 1.32. The van der Waals surface area contributed by atoms with E-state index in [0.29, 0.717) is 19.5 Å². The van der Waals surface area contributed by atoms with E-state index in [0.717, 1.165) is 6.42 Å². The van der Waals surface area contributed by atoms with E-state index in [2.05, 4.69) is 9.97 Å². The minimum Gasteiger partial charge on any atom is -0.481 e. The smallest absolute Gasteiger partial charge is 0.372 e. The van der Waals surface area contributed by atoms with Crippen LogP contribution in [0, 0.1) is 16.0 Å². The van der Waals surface area contributed by atoms with E-state index in [1.165, 1.54) is 13.4 Å². The van der Waals surface area contributed by atoms with Gasteiger partial charge in [-0.05, 0) is 18.8 Å². The number of aliphatic carboxylic acids is 1. The van der Waals surface area contributed by atoms with Crippen molar-refractivity contribution < 1.29 is 19.6 Å². The second-order valence-corrected chi connectivity index (χ2v) is 4.85. The molecule has 21 heavy (non-hydrogen) atoms. The van der Waals surface area contributed by atoms with Crippen molar-refractivity contribution in [2.75, 3.05) is 25.1 Å². The molecule has 1 fully saturated rings. The minimum absolute atomic E-state index is 0.0704. The van der Waals surface area contributed by atoms with Crippen LogP contribution in [0.15, 0.2) is 6.33 Å². The molecule has 9 heteroatoms. The monoisotopic (exact) mass is 296 g/mol. The van der Waals surface area contributed by atoms with Gasteiger partial charge in [-0.15, -0.1) is 0 Å². The molecule has 2 heterocycles. The van der Waals surface area contributed by atoms with Crippen LogP contribution < -0.4 is 9.64 Å². The summed E-state index contributed by atoms with van der Waals surface area (Å²) in [5.41, 5.74) is -0.251. The molecule has 1 N–H and O–H groups in total. The predicted molar refractivity (Wildman–Crippen MR) is 72.4 cm³/mol. The third kappa shape index (κ3) is 3.36. The van der Waals surface area contributed by atoms with Gasteiger partial charge in [0.1, 0.15) is 6.33 Å². The van der Waals surface area contributed by atoms with Crippen molar-refractivity contribution in [3.63, 3.8) is 0 Å². The van der Waals surface area contributed by atoms with Crippen molar-refractivity contribution in [2.45, 2.75) is 19.3 Å². The fourth-order valence-corrected chi connectivity index (χ4v) is 2.48. The molecule has 1 atom stereocenters. The number of methoxy groups -OCH3 is 1. The van der Waals surface area contributed by atoms with Gasteiger partial charge < -0.3 is 14.7 Å². The molecule has 0 amide bonds. The van der Waals surface area contributed by atoms with Gasteiger partial charge in [0.25, 0.3) is 5.88 Å². The number of hydrogen-bond acceptors (Lipinski definition) is 7. The molecule has 0 saturated carbocycles. The molecule has 1 aromatic heterocycles. The molecule has 2 rings (SSSR count). The summed E-state index contributed by atoms with van der Waals surface area (Å²) in [5, 5.41) is 19.9. The highest BCUT2D eigenvalue weighted by atomic mass is 16.6. The topological polar surface area (TPSA) is 119 Å². The second-order valence-electron chi connectivity index (χ2n) is 4.85. The van der Waals surface area contributed by atoms with Gasteiger partial charge in [0.15, 0.2) is 0 Å². The second kappa shape index (κ2) is 6.33. The van der Waals surface area contributed by atoms with Crippen LogP contribution in [0.4, 0.5) is 11.5 Å². The average Bonchev–Trinajstić information content (AvgIpc) is 2.92. The van der Waals surface area contributed by atoms with Gasteiger partial charge >= 0.3 is 11.7 Å². The van der Waals surface area contributed by atoms with Crippen LogP contribution in [0.1, 0.15) is 19.3 Å². The highest BCUT2D eigenvalue weighted by Gasteiger charge is 2.32. The number of rotatable bonds is 6. The first-order chi connectivity index (χ1) is 10.0. The first-order valence-electron chi connectivity index (χ1n) is 6.53. The average molecular weight is 296 g/mol. The third-order valence-electron chi connectivity index (χ3n) is 3.50. The quantitative estimate of drug-likeness (QED) is 0.612. The molecule has 1 aliphatic rings. The Morgan fingerprint density at radius 2 is 2.38 bits per heavy atom. The lowest BCUT2D eigenvalue weighted by molar-refractivity contribution is -0.385. The fraction of sp³-hybridized carbons (Fsp3) is 0.583. The van der Waals surface area contributed by atoms with Crippen LogP contribution in [0.25, 0.3) is 0 Å². The Morgan fingerprint density at radius 3 is 3.00 bits per heavy atom. The normalized spacial score (nSPS) is 17.8. The van der Waals surface area contributed by atoms with E-state index in [9.17, 15) is 14.9 Å². The molecule has 1 aromatic rings. The first-order valence-corrected chi connectivity index (χ1v) is 6.53. The van der Waals surface area contributed by atoms with E-state index < -0.39 is 10.9 Å². The number of carbonyl (C=O) groups is 1.